The van der Waals surface area contributed by atoms with Crippen molar-refractivity contribution in [2.24, 2.45) is 11.1 Å². The largest absolute Gasteiger partial charge is 0.372 e. The van der Waals surface area contributed by atoms with Gasteiger partial charge in [-0.1, -0.05) is 13.8 Å². The Morgan fingerprint density at radius 2 is 1.94 bits per heavy atom. The molecule has 0 heterocycles. The summed E-state index contributed by atoms with van der Waals surface area (Å²) < 4.78 is 26.5. The van der Waals surface area contributed by atoms with Crippen LogP contribution in [-0.4, -0.2) is 20.1 Å². The van der Waals surface area contributed by atoms with E-state index in [-0.39, 0.29) is 11.1 Å². The van der Waals surface area contributed by atoms with Crippen molar-refractivity contribution in [3.63, 3.8) is 0 Å². The molecular formula is C13H20F2N2. The molecule has 1 aromatic carbocycles. The van der Waals surface area contributed by atoms with Gasteiger partial charge in [0.1, 0.15) is 11.6 Å². The maximum absolute atomic E-state index is 13.5. The van der Waals surface area contributed by atoms with E-state index >= 15 is 0 Å². The molecule has 0 bridgehead atoms. The van der Waals surface area contributed by atoms with Crippen LogP contribution in [0.4, 0.5) is 14.5 Å². The Hall–Kier alpha value is -1.16. The van der Waals surface area contributed by atoms with Crippen LogP contribution in [0.1, 0.15) is 20.3 Å². The number of hydrogen-bond acceptors (Lipinski definition) is 2. The molecule has 96 valence electrons. The van der Waals surface area contributed by atoms with Gasteiger partial charge in [0.2, 0.25) is 0 Å². The van der Waals surface area contributed by atoms with Crippen LogP contribution in [0.15, 0.2) is 18.2 Å². The number of benzene rings is 1. The van der Waals surface area contributed by atoms with E-state index in [1.165, 1.54) is 6.07 Å². The number of nitrogens with two attached hydrogens (primary N) is 1. The second-order valence-corrected chi connectivity index (χ2v) is 5.14. The van der Waals surface area contributed by atoms with Crippen LogP contribution in [0.25, 0.3) is 0 Å². The lowest BCUT2D eigenvalue weighted by Gasteiger charge is -2.27. The van der Waals surface area contributed by atoms with E-state index in [9.17, 15) is 8.78 Å². The molecule has 0 aromatic heterocycles. The Balaban J connectivity index is 2.70. The highest BCUT2D eigenvalue weighted by molar-refractivity contribution is 5.47. The minimum absolute atomic E-state index is 0.0120. The lowest BCUT2D eigenvalue weighted by Crippen LogP contribution is -2.30. The van der Waals surface area contributed by atoms with Gasteiger partial charge in [-0.15, -0.1) is 0 Å². The first-order valence-electron chi connectivity index (χ1n) is 5.72. The van der Waals surface area contributed by atoms with Crippen molar-refractivity contribution >= 4 is 5.69 Å². The molecule has 2 nitrogen and oxygen atoms in total. The Morgan fingerprint density at radius 3 is 2.53 bits per heavy atom. The van der Waals surface area contributed by atoms with Gasteiger partial charge in [-0.3, -0.25) is 0 Å². The minimum Gasteiger partial charge on any atom is -0.372 e. The zero-order valence-electron chi connectivity index (χ0n) is 10.6. The highest BCUT2D eigenvalue weighted by Crippen LogP contribution is 2.23. The molecule has 0 aliphatic heterocycles. The van der Waals surface area contributed by atoms with E-state index in [4.69, 9.17) is 5.73 Å². The number of hydrogen-bond donors (Lipinski definition) is 1. The van der Waals surface area contributed by atoms with Crippen LogP contribution < -0.4 is 10.6 Å². The molecule has 4 heteroatoms. The first-order valence-corrected chi connectivity index (χ1v) is 5.72. The molecule has 0 aliphatic rings. The van der Waals surface area contributed by atoms with Crippen LogP contribution in [0, 0.1) is 17.0 Å². The molecule has 0 atom stereocenters. The molecule has 0 amide bonds. The van der Waals surface area contributed by atoms with Gasteiger partial charge in [-0.05, 0) is 30.5 Å². The molecule has 17 heavy (non-hydrogen) atoms. The number of anilines is 1. The monoisotopic (exact) mass is 242 g/mol. The Bertz CT molecular complexity index is 378. The van der Waals surface area contributed by atoms with E-state index in [1.54, 1.807) is 11.9 Å². The summed E-state index contributed by atoms with van der Waals surface area (Å²) in [5.74, 6) is -0.828. The van der Waals surface area contributed by atoms with Crippen LogP contribution in [-0.2, 0) is 0 Å². The topological polar surface area (TPSA) is 29.3 Å². The molecule has 0 saturated carbocycles. The molecular weight excluding hydrogens is 222 g/mol. The van der Waals surface area contributed by atoms with Crippen LogP contribution >= 0.6 is 0 Å². The summed E-state index contributed by atoms with van der Waals surface area (Å²) in [6.45, 7) is 5.34. The van der Waals surface area contributed by atoms with E-state index in [0.29, 0.717) is 13.1 Å². The first kappa shape index (κ1) is 13.9. The van der Waals surface area contributed by atoms with Gasteiger partial charge in [-0.25, -0.2) is 8.78 Å². The van der Waals surface area contributed by atoms with Gasteiger partial charge in [0.05, 0.1) is 5.69 Å². The predicted molar refractivity (Wildman–Crippen MR) is 67.1 cm³/mol. The van der Waals surface area contributed by atoms with E-state index in [0.717, 1.165) is 18.6 Å². The van der Waals surface area contributed by atoms with Gasteiger partial charge in [0.15, 0.2) is 0 Å². The number of rotatable bonds is 5. The van der Waals surface area contributed by atoms with E-state index in [1.807, 2.05) is 0 Å². The van der Waals surface area contributed by atoms with Gasteiger partial charge in [0, 0.05) is 19.7 Å². The summed E-state index contributed by atoms with van der Waals surface area (Å²) in [4.78, 5) is 1.72. The highest BCUT2D eigenvalue weighted by atomic mass is 19.1. The second kappa shape index (κ2) is 5.45. The molecule has 0 saturated heterocycles. The zero-order valence-corrected chi connectivity index (χ0v) is 10.6. The lowest BCUT2D eigenvalue weighted by atomic mass is 9.89. The van der Waals surface area contributed by atoms with Crippen molar-refractivity contribution in [2.75, 3.05) is 25.0 Å². The lowest BCUT2D eigenvalue weighted by molar-refractivity contribution is 0.351. The third-order valence-corrected chi connectivity index (χ3v) is 3.00. The fourth-order valence-corrected chi connectivity index (χ4v) is 1.47. The smallest absolute Gasteiger partial charge is 0.146 e. The maximum Gasteiger partial charge on any atom is 0.146 e. The molecule has 0 unspecified atom stereocenters. The second-order valence-electron chi connectivity index (χ2n) is 5.14. The van der Waals surface area contributed by atoms with Gasteiger partial charge in [-0.2, -0.15) is 0 Å². The Labute approximate surface area is 101 Å². The van der Waals surface area contributed by atoms with Crippen molar-refractivity contribution in [1.29, 1.82) is 0 Å². The average molecular weight is 242 g/mol. The molecule has 0 spiro atoms. The summed E-state index contributed by atoms with van der Waals surface area (Å²) in [5, 5.41) is 0. The standard InChI is InChI=1S/C13H20F2N2/c1-13(2,9-16)6-7-17(3)12-8-10(14)4-5-11(12)15/h4-5,8H,6-7,9,16H2,1-3H3. The van der Waals surface area contributed by atoms with Gasteiger partial charge in [0.25, 0.3) is 0 Å². The third-order valence-electron chi connectivity index (χ3n) is 3.00. The average Bonchev–Trinajstić information content (AvgIpc) is 2.29. The molecule has 2 N–H and O–H groups in total. The summed E-state index contributed by atoms with van der Waals surface area (Å²) in [6.07, 6.45) is 0.829. The third kappa shape index (κ3) is 3.97. The van der Waals surface area contributed by atoms with Gasteiger partial charge >= 0.3 is 0 Å². The fourth-order valence-electron chi connectivity index (χ4n) is 1.47. The molecule has 1 rings (SSSR count). The molecule has 0 radical (unpaired) electrons. The van der Waals surface area contributed by atoms with Crippen molar-refractivity contribution in [2.45, 2.75) is 20.3 Å². The summed E-state index contributed by atoms with van der Waals surface area (Å²) >= 11 is 0. The normalized spacial score (nSPS) is 11.6. The van der Waals surface area contributed by atoms with Gasteiger partial charge < -0.3 is 10.6 Å². The molecule has 0 aliphatic carbocycles. The summed E-state index contributed by atoms with van der Waals surface area (Å²) in [5.41, 5.74) is 5.93. The van der Waals surface area contributed by atoms with Crippen molar-refractivity contribution in [3.8, 4) is 0 Å². The Kier molecular flexibility index (Phi) is 4.46. The Morgan fingerprint density at radius 1 is 1.29 bits per heavy atom. The van der Waals surface area contributed by atoms with E-state index in [2.05, 4.69) is 13.8 Å². The van der Waals surface area contributed by atoms with Crippen molar-refractivity contribution in [3.05, 3.63) is 29.8 Å². The van der Waals surface area contributed by atoms with Crippen LogP contribution in [0.2, 0.25) is 0 Å². The summed E-state index contributed by atoms with van der Waals surface area (Å²) in [6, 6.07) is 3.48. The van der Waals surface area contributed by atoms with Crippen molar-refractivity contribution < 1.29 is 8.78 Å². The van der Waals surface area contributed by atoms with Crippen molar-refractivity contribution in [1.82, 2.24) is 0 Å². The minimum atomic E-state index is -0.425. The van der Waals surface area contributed by atoms with Crippen LogP contribution in [0.3, 0.4) is 0 Å². The predicted octanol–water partition coefficient (Wildman–Crippen LogP) is 2.78. The van der Waals surface area contributed by atoms with Crippen LogP contribution in [0.5, 0.6) is 0 Å². The molecule has 1 aromatic rings. The fraction of sp³-hybridized carbons (Fsp3) is 0.538. The quantitative estimate of drug-likeness (QED) is 0.860. The highest BCUT2D eigenvalue weighted by Gasteiger charge is 2.17. The number of halogens is 2. The summed E-state index contributed by atoms with van der Waals surface area (Å²) in [7, 11) is 1.75. The SMILES string of the molecule is CN(CCC(C)(C)CN)c1cc(F)ccc1F. The maximum atomic E-state index is 13.5. The zero-order chi connectivity index (χ0) is 13.1. The number of nitrogens with zero attached hydrogens (tertiary/aromatic N) is 1. The first-order chi connectivity index (χ1) is 7.85. The van der Waals surface area contributed by atoms with E-state index < -0.39 is 11.6 Å². The molecule has 0 fully saturated rings.